The summed E-state index contributed by atoms with van der Waals surface area (Å²) < 4.78 is 27.0. The molecule has 0 radical (unpaired) electrons. The number of hydrogen-bond acceptors (Lipinski definition) is 5. The lowest BCUT2D eigenvalue weighted by atomic mass is 9.81. The van der Waals surface area contributed by atoms with Crippen LogP contribution >= 0.6 is 0 Å². The Hall–Kier alpha value is -1.49. The first-order chi connectivity index (χ1) is 9.45. The molecule has 0 atom stereocenters. The van der Waals surface area contributed by atoms with Crippen molar-refractivity contribution in [2.24, 2.45) is 5.41 Å². The highest BCUT2D eigenvalue weighted by Crippen LogP contribution is 2.27. The van der Waals surface area contributed by atoms with Gasteiger partial charge in [-0.3, -0.25) is 4.98 Å². The Labute approximate surface area is 119 Å². The van der Waals surface area contributed by atoms with Gasteiger partial charge in [0.25, 0.3) is 0 Å². The fraction of sp³-hybridized carbons (Fsp3) is 0.538. The second-order valence-electron chi connectivity index (χ2n) is 5.41. The summed E-state index contributed by atoms with van der Waals surface area (Å²) in [6, 6.07) is 3.22. The normalized spacial score (nSPS) is 18.4. The minimum Gasteiger partial charge on any atom is -0.317 e. The minimum absolute atomic E-state index is 0.0292. The largest absolute Gasteiger partial charge is 0.317 e. The predicted octanol–water partition coefficient (Wildman–Crippen LogP) is 0.621. The molecule has 0 amide bonds. The molecule has 1 fully saturated rings. The van der Waals surface area contributed by atoms with Gasteiger partial charge in [0.1, 0.15) is 11.0 Å². The first-order valence-corrected chi connectivity index (χ1v) is 7.99. The molecule has 1 aliphatic rings. The third-order valence-electron chi connectivity index (χ3n) is 3.65. The van der Waals surface area contributed by atoms with Gasteiger partial charge in [-0.2, -0.15) is 5.26 Å². The molecule has 0 bridgehead atoms. The zero-order chi connectivity index (χ0) is 14.6. The van der Waals surface area contributed by atoms with Crippen molar-refractivity contribution in [2.75, 3.05) is 19.6 Å². The van der Waals surface area contributed by atoms with Gasteiger partial charge in [0.05, 0.1) is 5.56 Å². The van der Waals surface area contributed by atoms with Crippen molar-refractivity contribution >= 4 is 10.0 Å². The molecule has 1 aromatic heterocycles. The minimum atomic E-state index is -3.61. The Morgan fingerprint density at radius 3 is 2.80 bits per heavy atom. The lowest BCUT2D eigenvalue weighted by Gasteiger charge is -2.34. The van der Waals surface area contributed by atoms with Crippen LogP contribution in [0.4, 0.5) is 0 Å². The van der Waals surface area contributed by atoms with Crippen LogP contribution in [0.3, 0.4) is 0 Å². The first kappa shape index (κ1) is 14.9. The lowest BCUT2D eigenvalue weighted by molar-refractivity contribution is 0.232. The van der Waals surface area contributed by atoms with Crippen molar-refractivity contribution in [1.29, 1.82) is 5.26 Å². The summed E-state index contributed by atoms with van der Waals surface area (Å²) in [5, 5.41) is 12.1. The summed E-state index contributed by atoms with van der Waals surface area (Å²) >= 11 is 0. The van der Waals surface area contributed by atoms with E-state index in [0.29, 0.717) is 6.54 Å². The number of hydrogen-bond donors (Lipinski definition) is 2. The maximum absolute atomic E-state index is 12.2. The van der Waals surface area contributed by atoms with Gasteiger partial charge in [-0.1, -0.05) is 6.92 Å². The van der Waals surface area contributed by atoms with Gasteiger partial charge in [0, 0.05) is 18.9 Å². The highest BCUT2D eigenvalue weighted by atomic mass is 32.2. The number of nitrogens with zero attached hydrogens (tertiary/aromatic N) is 2. The van der Waals surface area contributed by atoms with Crippen molar-refractivity contribution in [3.63, 3.8) is 0 Å². The van der Waals surface area contributed by atoms with Gasteiger partial charge in [-0.05, 0) is 37.4 Å². The summed E-state index contributed by atoms with van der Waals surface area (Å²) in [7, 11) is -3.61. The standard InChI is InChI=1S/C13H18N4O2S/c1-13(2-4-15-5-3-13)10-17-20(18,19)12-6-11(7-14)8-16-9-12/h6,8-9,15,17H,2-5,10H2,1H3. The van der Waals surface area contributed by atoms with Crippen molar-refractivity contribution in [1.82, 2.24) is 15.0 Å². The average molecular weight is 294 g/mol. The highest BCUT2D eigenvalue weighted by molar-refractivity contribution is 7.89. The van der Waals surface area contributed by atoms with E-state index in [1.54, 1.807) is 0 Å². The molecule has 2 rings (SSSR count). The second kappa shape index (κ2) is 5.87. The van der Waals surface area contributed by atoms with E-state index in [2.05, 4.69) is 21.9 Å². The SMILES string of the molecule is CC1(CNS(=O)(=O)c2cncc(C#N)c2)CCNCC1. The topological polar surface area (TPSA) is 94.9 Å². The first-order valence-electron chi connectivity index (χ1n) is 6.51. The molecule has 20 heavy (non-hydrogen) atoms. The fourth-order valence-corrected chi connectivity index (χ4v) is 3.37. The van der Waals surface area contributed by atoms with Crippen LogP contribution in [-0.4, -0.2) is 33.0 Å². The van der Waals surface area contributed by atoms with E-state index in [1.807, 2.05) is 6.07 Å². The van der Waals surface area contributed by atoms with E-state index in [0.717, 1.165) is 25.9 Å². The van der Waals surface area contributed by atoms with Crippen LogP contribution in [0, 0.1) is 16.7 Å². The molecule has 2 N–H and O–H groups in total. The number of nitrogens with one attached hydrogen (secondary N) is 2. The summed E-state index contributed by atoms with van der Waals surface area (Å²) in [5.41, 5.74) is 0.208. The number of piperidine rings is 1. The molecule has 0 aromatic carbocycles. The fourth-order valence-electron chi connectivity index (χ4n) is 2.19. The summed E-state index contributed by atoms with van der Waals surface area (Å²) in [6.45, 7) is 4.29. The zero-order valence-corrected chi connectivity index (χ0v) is 12.2. The van der Waals surface area contributed by atoms with Crippen molar-refractivity contribution < 1.29 is 8.42 Å². The Bertz CT molecular complexity index is 616. The van der Waals surface area contributed by atoms with E-state index >= 15 is 0 Å². The Morgan fingerprint density at radius 2 is 2.15 bits per heavy atom. The van der Waals surface area contributed by atoms with E-state index in [-0.39, 0.29) is 15.9 Å². The van der Waals surface area contributed by atoms with Gasteiger partial charge >= 0.3 is 0 Å². The Balaban J connectivity index is 2.09. The molecule has 6 nitrogen and oxygen atoms in total. The Kier molecular flexibility index (Phi) is 4.38. The third kappa shape index (κ3) is 3.54. The van der Waals surface area contributed by atoms with Crippen LogP contribution in [0.1, 0.15) is 25.3 Å². The van der Waals surface area contributed by atoms with Crippen molar-refractivity contribution in [2.45, 2.75) is 24.7 Å². The molecule has 7 heteroatoms. The number of sulfonamides is 1. The zero-order valence-electron chi connectivity index (χ0n) is 11.4. The molecular weight excluding hydrogens is 276 g/mol. The van der Waals surface area contributed by atoms with Gasteiger partial charge in [0.15, 0.2) is 0 Å². The maximum atomic E-state index is 12.2. The summed E-state index contributed by atoms with van der Waals surface area (Å²) in [4.78, 5) is 3.82. The van der Waals surface area contributed by atoms with Crippen molar-refractivity contribution in [3.8, 4) is 6.07 Å². The number of rotatable bonds is 4. The van der Waals surface area contributed by atoms with Gasteiger partial charge in [-0.25, -0.2) is 13.1 Å². The quantitative estimate of drug-likeness (QED) is 0.849. The smallest absolute Gasteiger partial charge is 0.242 e. The number of aromatic nitrogens is 1. The highest BCUT2D eigenvalue weighted by Gasteiger charge is 2.28. The summed E-state index contributed by atoms with van der Waals surface area (Å²) in [6.07, 6.45) is 4.47. The molecule has 108 valence electrons. The van der Waals surface area contributed by atoms with E-state index in [9.17, 15) is 8.42 Å². The molecule has 1 aromatic rings. The van der Waals surface area contributed by atoms with Crippen LogP contribution in [0.25, 0.3) is 0 Å². The molecular formula is C13H18N4O2S. The van der Waals surface area contributed by atoms with Crippen LogP contribution in [-0.2, 0) is 10.0 Å². The van der Waals surface area contributed by atoms with E-state index in [1.165, 1.54) is 18.5 Å². The van der Waals surface area contributed by atoms with Gasteiger partial charge < -0.3 is 5.32 Å². The second-order valence-corrected chi connectivity index (χ2v) is 7.17. The average Bonchev–Trinajstić information content (AvgIpc) is 2.46. The Morgan fingerprint density at radius 1 is 1.45 bits per heavy atom. The van der Waals surface area contributed by atoms with E-state index < -0.39 is 10.0 Å². The molecule has 1 aliphatic heterocycles. The number of pyridine rings is 1. The third-order valence-corrected chi connectivity index (χ3v) is 5.02. The molecule has 0 saturated carbocycles. The monoisotopic (exact) mass is 294 g/mol. The predicted molar refractivity (Wildman–Crippen MR) is 74.4 cm³/mol. The molecule has 0 spiro atoms. The van der Waals surface area contributed by atoms with Crippen LogP contribution in [0.5, 0.6) is 0 Å². The van der Waals surface area contributed by atoms with E-state index in [4.69, 9.17) is 5.26 Å². The lowest BCUT2D eigenvalue weighted by Crippen LogP contribution is -2.42. The maximum Gasteiger partial charge on any atom is 0.242 e. The molecule has 1 saturated heterocycles. The van der Waals surface area contributed by atoms with Crippen LogP contribution in [0.2, 0.25) is 0 Å². The molecule has 0 aliphatic carbocycles. The van der Waals surface area contributed by atoms with Gasteiger partial charge in [-0.15, -0.1) is 0 Å². The van der Waals surface area contributed by atoms with Gasteiger partial charge in [0.2, 0.25) is 10.0 Å². The van der Waals surface area contributed by atoms with Crippen LogP contribution in [0.15, 0.2) is 23.4 Å². The van der Waals surface area contributed by atoms with Crippen LogP contribution < -0.4 is 10.0 Å². The summed E-state index contributed by atoms with van der Waals surface area (Å²) in [5.74, 6) is 0. The molecule has 2 heterocycles. The number of nitriles is 1. The van der Waals surface area contributed by atoms with Crippen molar-refractivity contribution in [3.05, 3.63) is 24.0 Å². The molecule has 0 unspecified atom stereocenters.